The van der Waals surface area contributed by atoms with Crippen molar-refractivity contribution in [1.29, 1.82) is 0 Å². The molecule has 0 spiro atoms. The smallest absolute Gasteiger partial charge is 0.266 e. The summed E-state index contributed by atoms with van der Waals surface area (Å²) in [5.74, 6) is 1.41. The van der Waals surface area contributed by atoms with Gasteiger partial charge in [-0.05, 0) is 51.8 Å². The van der Waals surface area contributed by atoms with E-state index >= 15 is 0 Å². The Kier molecular flexibility index (Phi) is 5.32. The summed E-state index contributed by atoms with van der Waals surface area (Å²) < 4.78 is 6.93. The van der Waals surface area contributed by atoms with Crippen molar-refractivity contribution < 1.29 is 4.52 Å². The lowest BCUT2D eigenvalue weighted by Gasteiger charge is -2.32. The van der Waals surface area contributed by atoms with E-state index in [1.807, 2.05) is 19.9 Å². The number of piperidine rings is 1. The average Bonchev–Trinajstić information content (AvgIpc) is 2.89. The summed E-state index contributed by atoms with van der Waals surface area (Å²) in [7, 11) is 0. The van der Waals surface area contributed by atoms with Gasteiger partial charge in [-0.25, -0.2) is 4.68 Å². The van der Waals surface area contributed by atoms with Crippen LogP contribution in [-0.2, 0) is 18.5 Å². The molecule has 0 bridgehead atoms. The number of hydrogen-bond acceptors (Lipinski definition) is 5. The molecule has 26 heavy (non-hydrogen) atoms. The zero-order valence-corrected chi connectivity index (χ0v) is 16.6. The average molecular weight is 358 g/mol. The van der Waals surface area contributed by atoms with Gasteiger partial charge in [0.25, 0.3) is 5.56 Å². The van der Waals surface area contributed by atoms with Crippen LogP contribution in [0.15, 0.2) is 21.5 Å². The topological polar surface area (TPSA) is 64.2 Å². The standard InChI is InChI=1S/C20H30N4O2/c1-14-17(15(2)26-22-14)13-23-10-8-16(9-11-23)12-24-19(25)7-6-18(21-24)20(3,4)5/h6-7,16H,8-13H2,1-5H3. The highest BCUT2D eigenvalue weighted by atomic mass is 16.5. The van der Waals surface area contributed by atoms with Crippen LogP contribution in [-0.4, -0.2) is 32.9 Å². The number of aryl methyl sites for hydroxylation is 2. The van der Waals surface area contributed by atoms with Crippen molar-refractivity contribution in [2.24, 2.45) is 5.92 Å². The lowest BCUT2D eigenvalue weighted by atomic mass is 9.92. The van der Waals surface area contributed by atoms with Gasteiger partial charge in [0.2, 0.25) is 0 Å². The molecule has 0 aliphatic carbocycles. The van der Waals surface area contributed by atoms with Gasteiger partial charge in [0.15, 0.2) is 0 Å². The van der Waals surface area contributed by atoms with Crippen LogP contribution >= 0.6 is 0 Å². The second kappa shape index (κ2) is 7.35. The summed E-state index contributed by atoms with van der Waals surface area (Å²) >= 11 is 0. The quantitative estimate of drug-likeness (QED) is 0.840. The van der Waals surface area contributed by atoms with Crippen molar-refractivity contribution in [3.8, 4) is 0 Å². The van der Waals surface area contributed by atoms with Crippen LogP contribution < -0.4 is 5.56 Å². The molecule has 0 radical (unpaired) electrons. The maximum Gasteiger partial charge on any atom is 0.266 e. The molecule has 0 unspecified atom stereocenters. The molecule has 0 saturated carbocycles. The van der Waals surface area contributed by atoms with E-state index in [4.69, 9.17) is 4.52 Å². The van der Waals surface area contributed by atoms with Crippen molar-refractivity contribution >= 4 is 0 Å². The maximum atomic E-state index is 12.2. The van der Waals surface area contributed by atoms with Crippen molar-refractivity contribution in [2.75, 3.05) is 13.1 Å². The van der Waals surface area contributed by atoms with E-state index in [-0.39, 0.29) is 11.0 Å². The highest BCUT2D eigenvalue weighted by Crippen LogP contribution is 2.23. The summed E-state index contributed by atoms with van der Waals surface area (Å²) in [6.45, 7) is 14.0. The van der Waals surface area contributed by atoms with E-state index < -0.39 is 0 Å². The Morgan fingerprint density at radius 2 is 1.88 bits per heavy atom. The number of hydrogen-bond donors (Lipinski definition) is 0. The van der Waals surface area contributed by atoms with Gasteiger partial charge in [-0.15, -0.1) is 0 Å². The van der Waals surface area contributed by atoms with Crippen molar-refractivity contribution in [3.63, 3.8) is 0 Å². The third kappa shape index (κ3) is 4.23. The van der Waals surface area contributed by atoms with E-state index in [0.29, 0.717) is 12.5 Å². The third-order valence-corrected chi connectivity index (χ3v) is 5.34. The van der Waals surface area contributed by atoms with Gasteiger partial charge < -0.3 is 4.52 Å². The van der Waals surface area contributed by atoms with E-state index in [1.165, 1.54) is 5.56 Å². The minimum absolute atomic E-state index is 0.00356. The number of aromatic nitrogens is 3. The molecule has 2 aromatic heterocycles. The monoisotopic (exact) mass is 358 g/mol. The van der Waals surface area contributed by atoms with Crippen LogP contribution in [0, 0.1) is 19.8 Å². The summed E-state index contributed by atoms with van der Waals surface area (Å²) in [5, 5.41) is 8.65. The second-order valence-corrected chi connectivity index (χ2v) is 8.51. The third-order valence-electron chi connectivity index (χ3n) is 5.34. The van der Waals surface area contributed by atoms with E-state index in [9.17, 15) is 4.79 Å². The van der Waals surface area contributed by atoms with Crippen LogP contribution in [0.25, 0.3) is 0 Å². The first kappa shape index (κ1) is 18.8. The highest BCUT2D eigenvalue weighted by Gasteiger charge is 2.23. The first-order valence-electron chi connectivity index (χ1n) is 9.47. The lowest BCUT2D eigenvalue weighted by molar-refractivity contribution is 0.162. The minimum Gasteiger partial charge on any atom is -0.361 e. The van der Waals surface area contributed by atoms with Crippen LogP contribution in [0.4, 0.5) is 0 Å². The Morgan fingerprint density at radius 3 is 2.46 bits per heavy atom. The fourth-order valence-electron chi connectivity index (χ4n) is 3.50. The fraction of sp³-hybridized carbons (Fsp3) is 0.650. The number of nitrogens with zero attached hydrogens (tertiary/aromatic N) is 4. The van der Waals surface area contributed by atoms with Crippen LogP contribution in [0.2, 0.25) is 0 Å². The molecule has 2 aromatic rings. The predicted molar refractivity (Wildman–Crippen MR) is 101 cm³/mol. The lowest BCUT2D eigenvalue weighted by Crippen LogP contribution is -2.37. The minimum atomic E-state index is -0.0484. The zero-order valence-electron chi connectivity index (χ0n) is 16.6. The Labute approximate surface area is 155 Å². The molecular weight excluding hydrogens is 328 g/mol. The van der Waals surface area contributed by atoms with Crippen molar-refractivity contribution in [2.45, 2.75) is 66.0 Å². The first-order chi connectivity index (χ1) is 12.2. The summed E-state index contributed by atoms with van der Waals surface area (Å²) in [6.07, 6.45) is 2.16. The van der Waals surface area contributed by atoms with Crippen molar-refractivity contribution in [3.05, 3.63) is 45.2 Å². The van der Waals surface area contributed by atoms with Gasteiger partial charge in [-0.1, -0.05) is 25.9 Å². The molecule has 1 aliphatic heterocycles. The number of likely N-dealkylation sites (tertiary alicyclic amines) is 1. The Hall–Kier alpha value is -1.95. The molecule has 0 atom stereocenters. The van der Waals surface area contributed by atoms with E-state index in [1.54, 1.807) is 10.7 Å². The summed E-state index contributed by atoms with van der Waals surface area (Å²) in [5.41, 5.74) is 3.11. The molecule has 1 fully saturated rings. The highest BCUT2D eigenvalue weighted by molar-refractivity contribution is 5.20. The molecule has 0 amide bonds. The molecule has 142 valence electrons. The predicted octanol–water partition coefficient (Wildman–Crippen LogP) is 3.06. The van der Waals surface area contributed by atoms with E-state index in [2.05, 4.69) is 35.9 Å². The fourth-order valence-corrected chi connectivity index (χ4v) is 3.50. The Bertz CT molecular complexity index is 788. The summed E-state index contributed by atoms with van der Waals surface area (Å²) in [6, 6.07) is 3.51. The Morgan fingerprint density at radius 1 is 1.19 bits per heavy atom. The molecule has 1 aliphatic rings. The molecule has 0 aromatic carbocycles. The molecular formula is C20H30N4O2. The maximum absolute atomic E-state index is 12.2. The SMILES string of the molecule is Cc1noc(C)c1CN1CCC(Cn2nc(C(C)(C)C)ccc2=O)CC1. The van der Waals surface area contributed by atoms with E-state index in [0.717, 1.165) is 49.6 Å². The van der Waals surface area contributed by atoms with Gasteiger partial charge in [0.05, 0.1) is 11.4 Å². The van der Waals surface area contributed by atoms with Crippen LogP contribution in [0.3, 0.4) is 0 Å². The number of rotatable bonds is 4. The molecule has 3 rings (SSSR count). The summed E-state index contributed by atoms with van der Waals surface area (Å²) in [4.78, 5) is 14.6. The van der Waals surface area contributed by atoms with Crippen molar-refractivity contribution in [1.82, 2.24) is 19.8 Å². The molecule has 1 saturated heterocycles. The molecule has 0 N–H and O–H groups in total. The molecule has 6 heteroatoms. The second-order valence-electron chi connectivity index (χ2n) is 8.51. The van der Waals surface area contributed by atoms with Crippen LogP contribution in [0.5, 0.6) is 0 Å². The van der Waals surface area contributed by atoms with Gasteiger partial charge >= 0.3 is 0 Å². The normalized spacial score (nSPS) is 17.0. The van der Waals surface area contributed by atoms with Gasteiger partial charge in [-0.3, -0.25) is 9.69 Å². The first-order valence-corrected chi connectivity index (χ1v) is 9.47. The Balaban J connectivity index is 1.60. The van der Waals surface area contributed by atoms with Gasteiger partial charge in [-0.2, -0.15) is 5.10 Å². The van der Waals surface area contributed by atoms with Gasteiger partial charge in [0.1, 0.15) is 5.76 Å². The zero-order chi connectivity index (χ0) is 18.9. The van der Waals surface area contributed by atoms with Gasteiger partial charge in [0, 0.05) is 30.1 Å². The molecule has 6 nitrogen and oxygen atoms in total. The molecule has 3 heterocycles. The largest absolute Gasteiger partial charge is 0.361 e. The van der Waals surface area contributed by atoms with Crippen LogP contribution in [0.1, 0.15) is 56.3 Å².